The molecule has 0 atom stereocenters. The van der Waals surface area contributed by atoms with Gasteiger partial charge in [0.25, 0.3) is 5.56 Å². The molecule has 0 bridgehead atoms. The van der Waals surface area contributed by atoms with Gasteiger partial charge in [-0.2, -0.15) is 5.10 Å². The largest absolute Gasteiger partial charge is 0.349 e. The minimum absolute atomic E-state index is 0.0701. The van der Waals surface area contributed by atoms with Crippen molar-refractivity contribution in [2.75, 3.05) is 0 Å². The van der Waals surface area contributed by atoms with E-state index in [4.69, 9.17) is 0 Å². The van der Waals surface area contributed by atoms with Crippen molar-refractivity contribution in [3.63, 3.8) is 0 Å². The highest BCUT2D eigenvalue weighted by molar-refractivity contribution is 5.84. The van der Waals surface area contributed by atoms with E-state index in [1.165, 1.54) is 18.5 Å². The van der Waals surface area contributed by atoms with E-state index in [-0.39, 0.29) is 5.56 Å². The van der Waals surface area contributed by atoms with Crippen LogP contribution in [0.15, 0.2) is 17.2 Å². The van der Waals surface area contributed by atoms with E-state index in [2.05, 4.69) is 14.8 Å². The minimum atomic E-state index is -0.0701. The van der Waals surface area contributed by atoms with Gasteiger partial charge in [0.1, 0.15) is 0 Å². The second kappa shape index (κ2) is 2.15. The van der Waals surface area contributed by atoms with Crippen molar-refractivity contribution in [3.8, 4) is 0 Å². The molecule has 1 N–H and O–H groups in total. The summed E-state index contributed by atoms with van der Waals surface area (Å²) in [6.45, 7) is 1.09. The molecule has 2 aliphatic rings. The van der Waals surface area contributed by atoms with Gasteiger partial charge < -0.3 is 4.57 Å². The lowest BCUT2D eigenvalue weighted by Crippen LogP contribution is -2.07. The smallest absolute Gasteiger partial charge is 0.273 e. The fraction of sp³-hybridized carbons (Fsp3) is 0.455. The summed E-state index contributed by atoms with van der Waals surface area (Å²) in [5, 5.41) is 8.19. The van der Waals surface area contributed by atoms with Gasteiger partial charge in [-0.25, -0.2) is 5.10 Å². The van der Waals surface area contributed by atoms with Crippen LogP contribution in [0, 0.1) is 5.41 Å². The van der Waals surface area contributed by atoms with Gasteiger partial charge in [0.15, 0.2) is 0 Å². The molecular weight excluding hydrogens is 190 g/mol. The van der Waals surface area contributed by atoms with Crippen LogP contribution in [-0.2, 0) is 13.0 Å². The predicted molar refractivity (Wildman–Crippen MR) is 55.7 cm³/mol. The number of aromatic amines is 1. The standard InChI is InChI=1S/C11H11N3O/c15-10-8-5-14-6-11(1-2-11)3-9(14)7(8)4-12-13-10/h4-5H,1-3,6H2,(H,13,15). The van der Waals surface area contributed by atoms with Gasteiger partial charge in [-0.05, 0) is 24.7 Å². The summed E-state index contributed by atoms with van der Waals surface area (Å²) in [6, 6.07) is 0. The van der Waals surface area contributed by atoms with E-state index in [1.54, 1.807) is 6.20 Å². The number of hydrogen-bond acceptors (Lipinski definition) is 2. The van der Waals surface area contributed by atoms with Gasteiger partial charge in [-0.1, -0.05) is 0 Å². The Kier molecular flexibility index (Phi) is 1.10. The highest BCUT2D eigenvalue weighted by Gasteiger charge is 2.47. The van der Waals surface area contributed by atoms with E-state index >= 15 is 0 Å². The number of rotatable bonds is 0. The highest BCUT2D eigenvalue weighted by atomic mass is 16.1. The van der Waals surface area contributed by atoms with Gasteiger partial charge in [-0.3, -0.25) is 4.79 Å². The Morgan fingerprint density at radius 2 is 2.27 bits per heavy atom. The zero-order valence-corrected chi connectivity index (χ0v) is 8.29. The molecule has 0 amide bonds. The van der Waals surface area contributed by atoms with Crippen LogP contribution in [0.25, 0.3) is 10.8 Å². The van der Waals surface area contributed by atoms with E-state index in [0.717, 1.165) is 23.7 Å². The van der Waals surface area contributed by atoms with Crippen LogP contribution in [-0.4, -0.2) is 14.8 Å². The van der Waals surface area contributed by atoms with Gasteiger partial charge in [-0.15, -0.1) is 0 Å². The first kappa shape index (κ1) is 7.68. The van der Waals surface area contributed by atoms with E-state index in [1.807, 2.05) is 6.20 Å². The third-order valence-electron chi connectivity index (χ3n) is 3.84. The van der Waals surface area contributed by atoms with Crippen molar-refractivity contribution >= 4 is 10.8 Å². The Morgan fingerprint density at radius 1 is 1.40 bits per heavy atom. The average molecular weight is 201 g/mol. The molecule has 1 fully saturated rings. The first-order chi connectivity index (χ1) is 7.27. The molecule has 15 heavy (non-hydrogen) atoms. The lowest BCUT2D eigenvalue weighted by molar-refractivity contribution is 0.497. The molecule has 4 heteroatoms. The zero-order valence-electron chi connectivity index (χ0n) is 8.29. The fourth-order valence-corrected chi connectivity index (χ4v) is 2.78. The second-order valence-corrected chi connectivity index (χ2v) is 4.91. The summed E-state index contributed by atoms with van der Waals surface area (Å²) in [4.78, 5) is 11.5. The second-order valence-electron chi connectivity index (χ2n) is 4.91. The van der Waals surface area contributed by atoms with Crippen LogP contribution in [0.1, 0.15) is 18.5 Å². The molecule has 4 rings (SSSR count). The first-order valence-electron chi connectivity index (χ1n) is 5.33. The van der Waals surface area contributed by atoms with Gasteiger partial charge >= 0.3 is 0 Å². The molecule has 0 unspecified atom stereocenters. The fourth-order valence-electron chi connectivity index (χ4n) is 2.78. The molecule has 3 heterocycles. The van der Waals surface area contributed by atoms with Crippen molar-refractivity contribution in [2.24, 2.45) is 5.41 Å². The van der Waals surface area contributed by atoms with E-state index < -0.39 is 0 Å². The summed E-state index contributed by atoms with van der Waals surface area (Å²) >= 11 is 0. The average Bonchev–Trinajstić information content (AvgIpc) is 2.72. The number of aromatic nitrogens is 3. The third-order valence-corrected chi connectivity index (χ3v) is 3.84. The summed E-state index contributed by atoms with van der Waals surface area (Å²) in [7, 11) is 0. The molecule has 0 saturated heterocycles. The molecule has 1 aliphatic heterocycles. The van der Waals surface area contributed by atoms with Crippen LogP contribution < -0.4 is 5.56 Å². The Hall–Kier alpha value is -1.58. The highest BCUT2D eigenvalue weighted by Crippen LogP contribution is 2.54. The number of nitrogens with zero attached hydrogens (tertiary/aromatic N) is 2. The van der Waals surface area contributed by atoms with Crippen molar-refractivity contribution in [1.82, 2.24) is 14.8 Å². The molecule has 0 radical (unpaired) electrons. The zero-order chi connectivity index (χ0) is 10.0. The molecule has 0 aromatic carbocycles. The van der Waals surface area contributed by atoms with Crippen LogP contribution in [0.5, 0.6) is 0 Å². The minimum Gasteiger partial charge on any atom is -0.349 e. The quantitative estimate of drug-likeness (QED) is 0.693. The number of fused-ring (bicyclic) bond motifs is 3. The summed E-state index contributed by atoms with van der Waals surface area (Å²) in [6.07, 6.45) is 7.57. The maximum Gasteiger partial charge on any atom is 0.273 e. The molecule has 2 aromatic rings. The maximum absolute atomic E-state index is 11.5. The molecule has 4 nitrogen and oxygen atoms in total. The van der Waals surface area contributed by atoms with Crippen LogP contribution in [0.4, 0.5) is 0 Å². The van der Waals surface area contributed by atoms with Crippen LogP contribution in [0.2, 0.25) is 0 Å². The van der Waals surface area contributed by atoms with Gasteiger partial charge in [0.05, 0.1) is 11.6 Å². The lowest BCUT2D eigenvalue weighted by Gasteiger charge is -2.01. The molecule has 1 saturated carbocycles. The molecule has 1 aliphatic carbocycles. The monoisotopic (exact) mass is 201 g/mol. The lowest BCUT2D eigenvalue weighted by atomic mass is 10.0. The Bertz CT molecular complexity index is 618. The predicted octanol–water partition coefficient (Wildman–Crippen LogP) is 1.06. The molecule has 2 aromatic heterocycles. The maximum atomic E-state index is 11.5. The summed E-state index contributed by atoms with van der Waals surface area (Å²) in [5.41, 5.74) is 1.78. The van der Waals surface area contributed by atoms with Crippen molar-refractivity contribution in [1.29, 1.82) is 0 Å². The van der Waals surface area contributed by atoms with Gasteiger partial charge in [0.2, 0.25) is 0 Å². The molecule has 76 valence electrons. The first-order valence-corrected chi connectivity index (χ1v) is 5.33. The summed E-state index contributed by atoms with van der Waals surface area (Å²) < 4.78 is 2.24. The topological polar surface area (TPSA) is 50.7 Å². The van der Waals surface area contributed by atoms with E-state index in [0.29, 0.717) is 5.41 Å². The van der Waals surface area contributed by atoms with Crippen LogP contribution in [0.3, 0.4) is 0 Å². The Balaban J connectivity index is 2.05. The number of hydrogen-bond donors (Lipinski definition) is 1. The number of nitrogens with one attached hydrogen (secondary N) is 1. The number of H-pyrrole nitrogens is 1. The normalized spacial score (nSPS) is 21.1. The molecular formula is C11H11N3O. The molecule has 1 spiro atoms. The Labute approximate surface area is 85.9 Å². The van der Waals surface area contributed by atoms with Crippen LogP contribution >= 0.6 is 0 Å². The van der Waals surface area contributed by atoms with Crippen molar-refractivity contribution in [2.45, 2.75) is 25.8 Å². The third kappa shape index (κ3) is 0.868. The van der Waals surface area contributed by atoms with Gasteiger partial charge in [0, 0.05) is 23.8 Å². The van der Waals surface area contributed by atoms with Crippen molar-refractivity contribution in [3.05, 3.63) is 28.4 Å². The SMILES string of the molecule is O=c1[nH]ncc2c3n(cc12)CC1(CC1)C3. The Morgan fingerprint density at radius 3 is 3.07 bits per heavy atom. The van der Waals surface area contributed by atoms with E-state index in [9.17, 15) is 4.79 Å². The summed E-state index contributed by atoms with van der Waals surface area (Å²) in [5.74, 6) is 0. The van der Waals surface area contributed by atoms with Crippen molar-refractivity contribution < 1.29 is 0 Å².